The maximum Gasteiger partial charge on any atom is 0.239 e. The van der Waals surface area contributed by atoms with E-state index in [1.807, 2.05) is 0 Å². The summed E-state index contributed by atoms with van der Waals surface area (Å²) in [6, 6.07) is 4.06. The molecule has 84 valence electrons. The van der Waals surface area contributed by atoms with E-state index in [4.69, 9.17) is 5.73 Å². The van der Waals surface area contributed by atoms with E-state index in [0.29, 0.717) is 17.7 Å². The summed E-state index contributed by atoms with van der Waals surface area (Å²) in [5.74, 6) is -0.662. The average Bonchev–Trinajstić information content (AvgIpc) is 2.40. The van der Waals surface area contributed by atoms with Crippen LogP contribution in [0.2, 0.25) is 0 Å². The normalized spacial score (nSPS) is 19.5. The maximum absolute atomic E-state index is 11.7. The van der Waals surface area contributed by atoms with Gasteiger partial charge in [0.2, 0.25) is 5.91 Å². The van der Waals surface area contributed by atoms with E-state index < -0.39 is 11.9 Å². The minimum atomic E-state index is -0.613. The van der Waals surface area contributed by atoms with Crippen molar-refractivity contribution in [2.75, 3.05) is 5.32 Å². The lowest BCUT2D eigenvalue weighted by molar-refractivity contribution is -0.118. The van der Waals surface area contributed by atoms with Gasteiger partial charge in [-0.15, -0.1) is 0 Å². The summed E-state index contributed by atoms with van der Waals surface area (Å²) in [7, 11) is 0. The number of hydrogen-bond donors (Lipinski definition) is 3. The molecule has 0 aliphatic carbocycles. The third-order valence-corrected chi connectivity index (χ3v) is 2.66. The van der Waals surface area contributed by atoms with Crippen LogP contribution in [-0.2, 0) is 4.79 Å². The first-order chi connectivity index (χ1) is 7.59. The number of phenols is 1. The lowest BCUT2D eigenvalue weighted by Gasteiger charge is -2.14. The molecule has 0 aromatic heterocycles. The Labute approximate surface area is 92.3 Å². The molecule has 4 N–H and O–H groups in total. The van der Waals surface area contributed by atoms with Crippen LogP contribution < -0.4 is 11.1 Å². The van der Waals surface area contributed by atoms with Crippen LogP contribution in [0.5, 0.6) is 5.75 Å². The van der Waals surface area contributed by atoms with Gasteiger partial charge < -0.3 is 16.2 Å². The highest BCUT2D eigenvalue weighted by molar-refractivity contribution is 6.04. The summed E-state index contributed by atoms with van der Waals surface area (Å²) in [4.78, 5) is 22.8. The van der Waals surface area contributed by atoms with Gasteiger partial charge in [-0.3, -0.25) is 9.59 Å². The van der Waals surface area contributed by atoms with Gasteiger partial charge in [0, 0.05) is 12.0 Å². The molecule has 1 aromatic rings. The Balaban J connectivity index is 2.46. The number of hydrogen-bond acceptors (Lipinski definition) is 4. The summed E-state index contributed by atoms with van der Waals surface area (Å²) in [6.45, 7) is 0. The number of para-hydroxylation sites is 1. The van der Waals surface area contributed by atoms with Crippen LogP contribution in [-0.4, -0.2) is 22.8 Å². The number of anilines is 1. The number of Topliss-reactive ketones (excluding diaryl/α,β-unsaturated/α-hetero) is 1. The molecular weight excluding hydrogens is 208 g/mol. The van der Waals surface area contributed by atoms with Gasteiger partial charge in [-0.1, -0.05) is 6.07 Å². The minimum absolute atomic E-state index is 0.0426. The number of phenolic OH excluding ortho intramolecular Hbond substituents is 1. The predicted octanol–water partition coefficient (Wildman–Crippen LogP) is 0.634. The van der Waals surface area contributed by atoms with Gasteiger partial charge in [-0.25, -0.2) is 0 Å². The van der Waals surface area contributed by atoms with Gasteiger partial charge in [0.05, 0.1) is 5.69 Å². The largest absolute Gasteiger partial charge is 0.506 e. The van der Waals surface area contributed by atoms with Gasteiger partial charge in [0.25, 0.3) is 0 Å². The van der Waals surface area contributed by atoms with Crippen LogP contribution in [0.1, 0.15) is 23.2 Å². The Morgan fingerprint density at radius 1 is 1.50 bits per heavy atom. The van der Waals surface area contributed by atoms with E-state index in [2.05, 4.69) is 5.32 Å². The van der Waals surface area contributed by atoms with Crippen LogP contribution >= 0.6 is 0 Å². The van der Waals surface area contributed by atoms with E-state index >= 15 is 0 Å². The summed E-state index contributed by atoms with van der Waals surface area (Å²) in [6.07, 6.45) is 0.597. The number of nitrogens with one attached hydrogen (secondary N) is 1. The number of carbonyl (C=O) groups is 2. The number of carbonyl (C=O) groups excluding carboxylic acids is 2. The molecular formula is C11H12N2O3. The van der Waals surface area contributed by atoms with Crippen LogP contribution in [0.3, 0.4) is 0 Å². The number of primary amides is 1. The van der Waals surface area contributed by atoms with Crippen LogP contribution in [0.25, 0.3) is 0 Å². The quantitative estimate of drug-likeness (QED) is 0.605. The predicted molar refractivity (Wildman–Crippen MR) is 58.3 cm³/mol. The van der Waals surface area contributed by atoms with Crippen molar-refractivity contribution in [3.8, 4) is 5.75 Å². The SMILES string of the molecule is NC(=O)[C@@H]1CCC(=O)c2cccc(O)c2N1. The third-order valence-electron chi connectivity index (χ3n) is 2.66. The topological polar surface area (TPSA) is 92.4 Å². The van der Waals surface area contributed by atoms with Gasteiger partial charge in [0.1, 0.15) is 11.8 Å². The standard InChI is InChI=1S/C11H12N2O3/c12-11(16)7-4-5-8(14)6-2-1-3-9(15)10(6)13-7/h1-3,7,13,15H,4-5H2,(H2,12,16)/t7-/m0/s1. The van der Waals surface area contributed by atoms with Crippen molar-refractivity contribution < 1.29 is 14.7 Å². The lowest BCUT2D eigenvalue weighted by atomic mass is 10.1. The Morgan fingerprint density at radius 3 is 2.94 bits per heavy atom. The summed E-state index contributed by atoms with van der Waals surface area (Å²) < 4.78 is 0. The molecule has 0 bridgehead atoms. The fourth-order valence-corrected chi connectivity index (χ4v) is 1.79. The number of benzene rings is 1. The van der Waals surface area contributed by atoms with Gasteiger partial charge >= 0.3 is 0 Å². The van der Waals surface area contributed by atoms with Gasteiger partial charge in [-0.2, -0.15) is 0 Å². The molecule has 0 spiro atoms. The van der Waals surface area contributed by atoms with E-state index in [1.165, 1.54) is 6.07 Å². The Morgan fingerprint density at radius 2 is 2.25 bits per heavy atom. The molecule has 1 atom stereocenters. The summed E-state index contributed by atoms with van der Waals surface area (Å²) in [5.41, 5.74) is 5.90. The number of nitrogens with two attached hydrogens (primary N) is 1. The third kappa shape index (κ3) is 1.71. The van der Waals surface area contributed by atoms with E-state index in [9.17, 15) is 14.7 Å². The smallest absolute Gasteiger partial charge is 0.239 e. The number of rotatable bonds is 1. The zero-order valence-corrected chi connectivity index (χ0v) is 8.56. The van der Waals surface area contributed by atoms with Gasteiger partial charge in [-0.05, 0) is 18.6 Å². The maximum atomic E-state index is 11.7. The minimum Gasteiger partial charge on any atom is -0.506 e. The molecule has 2 rings (SSSR count). The number of amides is 1. The first kappa shape index (κ1) is 10.5. The number of fused-ring (bicyclic) bond motifs is 1. The van der Waals surface area contributed by atoms with E-state index in [-0.39, 0.29) is 18.0 Å². The monoisotopic (exact) mass is 220 g/mol. The fourth-order valence-electron chi connectivity index (χ4n) is 1.79. The highest BCUT2D eigenvalue weighted by atomic mass is 16.3. The van der Waals surface area contributed by atoms with Crippen molar-refractivity contribution in [1.82, 2.24) is 0 Å². The molecule has 1 aliphatic heterocycles. The van der Waals surface area contributed by atoms with Gasteiger partial charge in [0.15, 0.2) is 5.78 Å². The zero-order valence-electron chi connectivity index (χ0n) is 8.56. The molecule has 0 radical (unpaired) electrons. The Kier molecular flexibility index (Phi) is 2.52. The average molecular weight is 220 g/mol. The molecule has 5 heteroatoms. The molecule has 1 aromatic carbocycles. The molecule has 1 heterocycles. The highest BCUT2D eigenvalue weighted by Gasteiger charge is 2.25. The Hall–Kier alpha value is -2.04. The second kappa shape index (κ2) is 3.84. The Bertz CT molecular complexity index is 457. The molecule has 16 heavy (non-hydrogen) atoms. The molecule has 0 saturated carbocycles. The number of aromatic hydroxyl groups is 1. The molecule has 1 amide bonds. The molecule has 1 aliphatic rings. The fraction of sp³-hybridized carbons (Fsp3) is 0.273. The lowest BCUT2D eigenvalue weighted by Crippen LogP contribution is -2.34. The van der Waals surface area contributed by atoms with Crippen molar-refractivity contribution in [3.05, 3.63) is 23.8 Å². The van der Waals surface area contributed by atoms with E-state index in [0.717, 1.165) is 0 Å². The molecule has 0 fully saturated rings. The first-order valence-electron chi connectivity index (χ1n) is 5.00. The summed E-state index contributed by atoms with van der Waals surface area (Å²) >= 11 is 0. The summed E-state index contributed by atoms with van der Waals surface area (Å²) in [5, 5.41) is 12.4. The van der Waals surface area contributed by atoms with Crippen molar-refractivity contribution in [1.29, 1.82) is 0 Å². The molecule has 5 nitrogen and oxygen atoms in total. The molecule has 0 saturated heterocycles. The number of ketones is 1. The second-order valence-electron chi connectivity index (χ2n) is 3.76. The van der Waals surface area contributed by atoms with E-state index in [1.54, 1.807) is 12.1 Å². The van der Waals surface area contributed by atoms with Crippen molar-refractivity contribution >= 4 is 17.4 Å². The molecule has 0 unspecified atom stereocenters. The highest BCUT2D eigenvalue weighted by Crippen LogP contribution is 2.31. The zero-order chi connectivity index (χ0) is 11.7. The second-order valence-corrected chi connectivity index (χ2v) is 3.76. The van der Waals surface area contributed by atoms with Crippen LogP contribution in [0.4, 0.5) is 5.69 Å². The van der Waals surface area contributed by atoms with Crippen molar-refractivity contribution in [2.45, 2.75) is 18.9 Å². The van der Waals surface area contributed by atoms with Crippen LogP contribution in [0.15, 0.2) is 18.2 Å². The van der Waals surface area contributed by atoms with Crippen LogP contribution in [0, 0.1) is 0 Å². The van der Waals surface area contributed by atoms with Crippen molar-refractivity contribution in [2.24, 2.45) is 5.73 Å². The van der Waals surface area contributed by atoms with Crippen molar-refractivity contribution in [3.63, 3.8) is 0 Å². The first-order valence-corrected chi connectivity index (χ1v) is 5.00.